The summed E-state index contributed by atoms with van der Waals surface area (Å²) >= 11 is 0. The molecule has 1 fully saturated rings. The molecule has 6 nitrogen and oxygen atoms in total. The van der Waals surface area contributed by atoms with Crippen LogP contribution in [0.1, 0.15) is 12.2 Å². The molecule has 0 radical (unpaired) electrons. The third-order valence-electron chi connectivity index (χ3n) is 3.43. The van der Waals surface area contributed by atoms with Gasteiger partial charge in [-0.15, -0.1) is 0 Å². The predicted molar refractivity (Wildman–Crippen MR) is 75.2 cm³/mol. The van der Waals surface area contributed by atoms with Gasteiger partial charge in [0.2, 0.25) is 5.43 Å². The second-order valence-corrected chi connectivity index (χ2v) is 5.04. The van der Waals surface area contributed by atoms with E-state index < -0.39 is 5.43 Å². The molecular formula is C15H16N2O4. The summed E-state index contributed by atoms with van der Waals surface area (Å²) < 4.78 is 11.1. The van der Waals surface area contributed by atoms with E-state index in [9.17, 15) is 4.79 Å². The zero-order valence-corrected chi connectivity index (χ0v) is 11.4. The fourth-order valence-electron chi connectivity index (χ4n) is 2.39. The first-order chi connectivity index (χ1) is 10.2. The molecule has 3 heterocycles. The van der Waals surface area contributed by atoms with Crippen molar-refractivity contribution in [3.63, 3.8) is 0 Å². The van der Waals surface area contributed by atoms with Crippen molar-refractivity contribution in [1.29, 1.82) is 0 Å². The van der Waals surface area contributed by atoms with Crippen LogP contribution >= 0.6 is 0 Å². The summed E-state index contributed by atoms with van der Waals surface area (Å²) in [5, 5.41) is 9.17. The van der Waals surface area contributed by atoms with Crippen LogP contribution in [0.25, 0.3) is 0 Å². The van der Waals surface area contributed by atoms with Gasteiger partial charge in [-0.25, -0.2) is 0 Å². The highest BCUT2D eigenvalue weighted by molar-refractivity contribution is 5.18. The van der Waals surface area contributed by atoms with E-state index in [1.165, 1.54) is 6.07 Å². The molecule has 1 aliphatic rings. The van der Waals surface area contributed by atoms with Gasteiger partial charge in [-0.3, -0.25) is 14.7 Å². The largest absolute Gasteiger partial charge is 0.502 e. The molecule has 6 heteroatoms. The van der Waals surface area contributed by atoms with Crippen LogP contribution in [0.2, 0.25) is 0 Å². The molecule has 110 valence electrons. The molecular weight excluding hydrogens is 272 g/mol. The lowest BCUT2D eigenvalue weighted by Crippen LogP contribution is -2.24. The monoisotopic (exact) mass is 288 g/mol. The van der Waals surface area contributed by atoms with Gasteiger partial charge in [-0.1, -0.05) is 0 Å². The van der Waals surface area contributed by atoms with Crippen molar-refractivity contribution in [3.8, 4) is 11.5 Å². The van der Waals surface area contributed by atoms with E-state index in [1.54, 1.807) is 12.4 Å². The van der Waals surface area contributed by atoms with E-state index in [0.29, 0.717) is 12.3 Å². The predicted octanol–water partition coefficient (Wildman–Crippen LogP) is 1.39. The number of rotatable bonds is 4. The highest BCUT2D eigenvalue weighted by Crippen LogP contribution is 2.19. The minimum Gasteiger partial charge on any atom is -0.502 e. The number of nitrogens with zero attached hydrogens (tertiary/aromatic N) is 2. The van der Waals surface area contributed by atoms with Gasteiger partial charge in [0.25, 0.3) is 0 Å². The Labute approximate surface area is 121 Å². The first-order valence-electron chi connectivity index (χ1n) is 6.80. The Hall–Kier alpha value is -2.34. The summed E-state index contributed by atoms with van der Waals surface area (Å²) in [5.74, 6) is 0.995. The van der Waals surface area contributed by atoms with Crippen LogP contribution in [0, 0.1) is 0 Å². The van der Waals surface area contributed by atoms with Crippen LogP contribution in [0.15, 0.2) is 46.1 Å². The van der Waals surface area contributed by atoms with Crippen LogP contribution in [-0.2, 0) is 6.54 Å². The van der Waals surface area contributed by atoms with Crippen molar-refractivity contribution >= 4 is 0 Å². The third-order valence-corrected chi connectivity index (χ3v) is 3.43. The number of hydrogen-bond acceptors (Lipinski definition) is 6. The van der Waals surface area contributed by atoms with E-state index in [0.717, 1.165) is 31.5 Å². The second-order valence-electron chi connectivity index (χ2n) is 5.04. The summed E-state index contributed by atoms with van der Waals surface area (Å²) in [6.07, 6.45) is 5.53. The number of likely N-dealkylation sites (tertiary alicyclic amines) is 1. The summed E-state index contributed by atoms with van der Waals surface area (Å²) in [7, 11) is 0. The lowest BCUT2D eigenvalue weighted by atomic mass is 10.3. The Morgan fingerprint density at radius 1 is 1.43 bits per heavy atom. The van der Waals surface area contributed by atoms with Crippen molar-refractivity contribution in [2.45, 2.75) is 19.1 Å². The van der Waals surface area contributed by atoms with Crippen molar-refractivity contribution in [3.05, 3.63) is 52.8 Å². The summed E-state index contributed by atoms with van der Waals surface area (Å²) in [6.45, 7) is 2.18. The minimum absolute atomic E-state index is 0.122. The Balaban J connectivity index is 1.57. The van der Waals surface area contributed by atoms with Crippen molar-refractivity contribution in [2.75, 3.05) is 13.1 Å². The lowest BCUT2D eigenvalue weighted by Gasteiger charge is -2.16. The molecule has 0 spiro atoms. The van der Waals surface area contributed by atoms with Gasteiger partial charge < -0.3 is 14.3 Å². The number of aromatic nitrogens is 1. The van der Waals surface area contributed by atoms with Crippen molar-refractivity contribution in [2.24, 2.45) is 0 Å². The van der Waals surface area contributed by atoms with E-state index in [1.807, 2.05) is 12.1 Å². The van der Waals surface area contributed by atoms with Gasteiger partial charge >= 0.3 is 0 Å². The smallest absolute Gasteiger partial charge is 0.226 e. The SMILES string of the molecule is O=c1cc(CN2CCC(Oc3ccncc3)C2)occ1O. The topological polar surface area (TPSA) is 75.8 Å². The average Bonchev–Trinajstić information content (AvgIpc) is 2.91. The van der Waals surface area contributed by atoms with Gasteiger partial charge in [0, 0.05) is 31.5 Å². The molecule has 2 aromatic heterocycles. The van der Waals surface area contributed by atoms with Gasteiger partial charge in [0.1, 0.15) is 23.9 Å². The molecule has 1 aliphatic heterocycles. The maximum absolute atomic E-state index is 11.4. The Bertz CT molecular complexity index is 656. The molecule has 1 saturated heterocycles. The zero-order valence-electron chi connectivity index (χ0n) is 11.4. The van der Waals surface area contributed by atoms with Crippen molar-refractivity contribution < 1.29 is 14.3 Å². The van der Waals surface area contributed by atoms with Gasteiger partial charge in [-0.2, -0.15) is 0 Å². The Morgan fingerprint density at radius 3 is 3.00 bits per heavy atom. The zero-order chi connectivity index (χ0) is 14.7. The fourth-order valence-corrected chi connectivity index (χ4v) is 2.39. The molecule has 0 saturated carbocycles. The quantitative estimate of drug-likeness (QED) is 0.916. The first-order valence-corrected chi connectivity index (χ1v) is 6.80. The number of hydrogen-bond donors (Lipinski definition) is 1. The summed E-state index contributed by atoms with van der Waals surface area (Å²) in [4.78, 5) is 17.5. The van der Waals surface area contributed by atoms with E-state index >= 15 is 0 Å². The Morgan fingerprint density at radius 2 is 2.24 bits per heavy atom. The molecule has 0 amide bonds. The van der Waals surface area contributed by atoms with E-state index in [-0.39, 0.29) is 11.9 Å². The van der Waals surface area contributed by atoms with Gasteiger partial charge in [0.05, 0.1) is 6.54 Å². The summed E-state index contributed by atoms with van der Waals surface area (Å²) in [6, 6.07) is 5.00. The molecule has 0 bridgehead atoms. The fraction of sp³-hybridized carbons (Fsp3) is 0.333. The second kappa shape index (κ2) is 5.97. The molecule has 3 rings (SSSR count). The van der Waals surface area contributed by atoms with Gasteiger partial charge in [-0.05, 0) is 18.6 Å². The maximum Gasteiger partial charge on any atom is 0.226 e. The third kappa shape index (κ3) is 3.41. The average molecular weight is 288 g/mol. The van der Waals surface area contributed by atoms with Gasteiger partial charge in [0.15, 0.2) is 5.75 Å². The number of ether oxygens (including phenoxy) is 1. The molecule has 1 N–H and O–H groups in total. The molecule has 0 aromatic carbocycles. The van der Waals surface area contributed by atoms with Crippen LogP contribution in [-0.4, -0.2) is 34.2 Å². The van der Waals surface area contributed by atoms with Crippen LogP contribution < -0.4 is 10.2 Å². The number of aromatic hydroxyl groups is 1. The van der Waals surface area contributed by atoms with Crippen molar-refractivity contribution in [1.82, 2.24) is 9.88 Å². The highest BCUT2D eigenvalue weighted by Gasteiger charge is 2.24. The lowest BCUT2D eigenvalue weighted by molar-refractivity contribution is 0.193. The van der Waals surface area contributed by atoms with Crippen LogP contribution in [0.5, 0.6) is 11.5 Å². The van der Waals surface area contributed by atoms with Crippen LogP contribution in [0.4, 0.5) is 0 Å². The maximum atomic E-state index is 11.4. The molecule has 1 atom stereocenters. The Kier molecular flexibility index (Phi) is 3.87. The normalized spacial score (nSPS) is 18.8. The number of pyridine rings is 1. The highest BCUT2D eigenvalue weighted by atomic mass is 16.5. The standard InChI is InChI=1S/C15H16N2O4/c18-14-7-13(20-10-15(14)19)9-17-6-3-12(8-17)21-11-1-4-16-5-2-11/h1-2,4-5,7,10,12,19H,3,6,8-9H2. The van der Waals surface area contributed by atoms with E-state index in [4.69, 9.17) is 14.3 Å². The molecule has 1 unspecified atom stereocenters. The summed E-state index contributed by atoms with van der Waals surface area (Å²) in [5.41, 5.74) is -0.417. The van der Waals surface area contributed by atoms with E-state index in [2.05, 4.69) is 9.88 Å². The molecule has 2 aromatic rings. The molecule has 21 heavy (non-hydrogen) atoms. The molecule has 0 aliphatic carbocycles. The first kappa shape index (κ1) is 13.6. The minimum atomic E-state index is -0.417. The van der Waals surface area contributed by atoms with Crippen LogP contribution in [0.3, 0.4) is 0 Å².